The molecular formula is C27H24N2O6S. The van der Waals surface area contributed by atoms with E-state index in [1.807, 2.05) is 12.1 Å². The van der Waals surface area contributed by atoms with E-state index in [2.05, 4.69) is 19.2 Å². The highest BCUT2D eigenvalue weighted by molar-refractivity contribution is 8.18. The number of aromatic carboxylic acids is 1. The molecule has 1 fully saturated rings. The summed E-state index contributed by atoms with van der Waals surface area (Å²) in [5, 5.41) is 11.3. The molecule has 1 aliphatic rings. The van der Waals surface area contributed by atoms with Crippen LogP contribution in [0.15, 0.2) is 63.9 Å². The zero-order chi connectivity index (χ0) is 26.0. The van der Waals surface area contributed by atoms with Crippen LogP contribution in [-0.4, -0.2) is 39.6 Å². The number of nitrogens with one attached hydrogen (secondary N) is 1. The fourth-order valence-corrected chi connectivity index (χ4v) is 4.53. The highest BCUT2D eigenvalue weighted by Gasteiger charge is 2.36. The van der Waals surface area contributed by atoms with Crippen LogP contribution in [0.2, 0.25) is 0 Å². The van der Waals surface area contributed by atoms with Gasteiger partial charge in [0, 0.05) is 17.3 Å². The number of aryl methyl sites for hydroxylation is 1. The molecule has 0 bridgehead atoms. The molecule has 36 heavy (non-hydrogen) atoms. The van der Waals surface area contributed by atoms with Crippen LogP contribution in [0.25, 0.3) is 17.4 Å². The number of imide groups is 1. The number of carboxylic acid groups (broad SMARTS) is 1. The van der Waals surface area contributed by atoms with Gasteiger partial charge in [-0.15, -0.1) is 0 Å². The van der Waals surface area contributed by atoms with Gasteiger partial charge in [0.1, 0.15) is 18.1 Å². The maximum absolute atomic E-state index is 12.8. The lowest BCUT2D eigenvalue weighted by atomic mass is 10.0. The lowest BCUT2D eigenvalue weighted by molar-refractivity contribution is -0.127. The number of hydrogen-bond acceptors (Lipinski definition) is 6. The average Bonchev–Trinajstić information content (AvgIpc) is 3.39. The van der Waals surface area contributed by atoms with Crippen molar-refractivity contribution in [3.8, 4) is 11.3 Å². The number of anilines is 1. The third-order valence-electron chi connectivity index (χ3n) is 5.68. The molecule has 2 heterocycles. The molecule has 2 aromatic carbocycles. The minimum atomic E-state index is -1.02. The molecule has 0 atom stereocenters. The quantitative estimate of drug-likeness (QED) is 0.393. The molecular weight excluding hydrogens is 480 g/mol. The van der Waals surface area contributed by atoms with E-state index in [0.29, 0.717) is 28.7 Å². The molecule has 8 nitrogen and oxygen atoms in total. The molecule has 184 valence electrons. The number of thioether (sulfide) groups is 1. The number of hydrogen-bond donors (Lipinski definition) is 2. The van der Waals surface area contributed by atoms with Gasteiger partial charge in [0.15, 0.2) is 0 Å². The Kier molecular flexibility index (Phi) is 7.12. The molecule has 3 aromatic rings. The summed E-state index contributed by atoms with van der Waals surface area (Å²) in [6.45, 7) is 5.53. The van der Waals surface area contributed by atoms with Crippen LogP contribution in [0.4, 0.5) is 10.5 Å². The summed E-state index contributed by atoms with van der Waals surface area (Å²) in [5.41, 5.74) is 3.33. The number of benzene rings is 2. The van der Waals surface area contributed by atoms with Crippen LogP contribution >= 0.6 is 11.8 Å². The molecule has 2 N–H and O–H groups in total. The third kappa shape index (κ3) is 5.41. The van der Waals surface area contributed by atoms with Gasteiger partial charge in [0.25, 0.3) is 11.1 Å². The Balaban J connectivity index is 1.44. The predicted molar refractivity (Wildman–Crippen MR) is 138 cm³/mol. The molecule has 0 spiro atoms. The van der Waals surface area contributed by atoms with E-state index in [0.717, 1.165) is 27.8 Å². The van der Waals surface area contributed by atoms with Crippen molar-refractivity contribution in [2.24, 2.45) is 0 Å². The van der Waals surface area contributed by atoms with E-state index in [-0.39, 0.29) is 10.5 Å². The van der Waals surface area contributed by atoms with Crippen molar-refractivity contribution in [2.75, 3.05) is 11.9 Å². The first-order valence-electron chi connectivity index (χ1n) is 11.2. The standard InChI is InChI=1S/C27H24N2O6S/c1-15(2)17-4-7-19(8-5-17)28-24(30)14-29-25(31)23(36-27(29)34)13-20-9-11-22(35-20)21-10-6-18(26(32)33)12-16(21)3/h4-13,15H,14H2,1-3H3,(H,28,30)(H,32,33)/b23-13-. The van der Waals surface area contributed by atoms with Gasteiger partial charge in [-0.25, -0.2) is 4.79 Å². The largest absolute Gasteiger partial charge is 0.478 e. The summed E-state index contributed by atoms with van der Waals surface area (Å²) in [5.74, 6) is -0.849. The summed E-state index contributed by atoms with van der Waals surface area (Å²) in [6, 6.07) is 15.5. The average molecular weight is 505 g/mol. The maximum Gasteiger partial charge on any atom is 0.335 e. The summed E-state index contributed by atoms with van der Waals surface area (Å²) >= 11 is 0.737. The summed E-state index contributed by atoms with van der Waals surface area (Å²) < 4.78 is 5.82. The molecule has 4 rings (SSSR count). The van der Waals surface area contributed by atoms with Crippen LogP contribution in [0.1, 0.15) is 47.0 Å². The fraction of sp³-hybridized carbons (Fsp3) is 0.185. The van der Waals surface area contributed by atoms with Crippen LogP contribution in [0.3, 0.4) is 0 Å². The Morgan fingerprint density at radius 1 is 1.08 bits per heavy atom. The van der Waals surface area contributed by atoms with Crippen molar-refractivity contribution in [1.29, 1.82) is 0 Å². The van der Waals surface area contributed by atoms with Gasteiger partial charge in [-0.3, -0.25) is 19.3 Å². The van der Waals surface area contributed by atoms with Crippen molar-refractivity contribution < 1.29 is 28.7 Å². The van der Waals surface area contributed by atoms with Crippen LogP contribution in [-0.2, 0) is 9.59 Å². The Bertz CT molecular complexity index is 1390. The van der Waals surface area contributed by atoms with E-state index in [1.165, 1.54) is 12.1 Å². The summed E-state index contributed by atoms with van der Waals surface area (Å²) in [4.78, 5) is 49.9. The first-order valence-corrected chi connectivity index (χ1v) is 12.0. The molecule has 1 aromatic heterocycles. The van der Waals surface area contributed by atoms with E-state index < -0.39 is 29.6 Å². The van der Waals surface area contributed by atoms with Gasteiger partial charge < -0.3 is 14.8 Å². The van der Waals surface area contributed by atoms with Gasteiger partial charge >= 0.3 is 5.97 Å². The number of furan rings is 1. The second kappa shape index (κ2) is 10.2. The molecule has 3 amide bonds. The molecule has 9 heteroatoms. The Hall–Kier alpha value is -4.11. The predicted octanol–water partition coefficient (Wildman–Crippen LogP) is 5.75. The number of carbonyl (C=O) groups is 4. The van der Waals surface area contributed by atoms with E-state index in [1.54, 1.807) is 43.3 Å². The number of nitrogens with zero attached hydrogens (tertiary/aromatic N) is 1. The molecule has 0 radical (unpaired) electrons. The Morgan fingerprint density at radius 2 is 1.81 bits per heavy atom. The van der Waals surface area contributed by atoms with Crippen LogP contribution < -0.4 is 5.32 Å². The van der Waals surface area contributed by atoms with Crippen molar-refractivity contribution in [3.05, 3.63) is 82.0 Å². The van der Waals surface area contributed by atoms with Crippen LogP contribution in [0.5, 0.6) is 0 Å². The first-order chi connectivity index (χ1) is 17.1. The van der Waals surface area contributed by atoms with Gasteiger partial charge in [0.05, 0.1) is 10.5 Å². The molecule has 1 saturated heterocycles. The second-order valence-corrected chi connectivity index (χ2v) is 9.62. The Morgan fingerprint density at radius 3 is 2.44 bits per heavy atom. The van der Waals surface area contributed by atoms with Crippen molar-refractivity contribution >= 4 is 46.5 Å². The zero-order valence-corrected chi connectivity index (χ0v) is 20.7. The SMILES string of the molecule is Cc1cc(C(=O)O)ccc1-c1ccc(/C=C2\SC(=O)N(CC(=O)Nc3ccc(C(C)C)cc3)C2=O)o1. The highest BCUT2D eigenvalue weighted by Crippen LogP contribution is 2.34. The van der Waals surface area contributed by atoms with Gasteiger partial charge in [-0.05, 0) is 72.1 Å². The first kappa shape index (κ1) is 25.0. The van der Waals surface area contributed by atoms with Gasteiger partial charge in [-0.2, -0.15) is 0 Å². The maximum atomic E-state index is 12.8. The number of carbonyl (C=O) groups excluding carboxylic acids is 3. The zero-order valence-electron chi connectivity index (χ0n) is 19.9. The van der Waals surface area contributed by atoms with E-state index in [4.69, 9.17) is 9.52 Å². The van der Waals surface area contributed by atoms with E-state index >= 15 is 0 Å². The summed E-state index contributed by atoms with van der Waals surface area (Å²) in [7, 11) is 0. The molecule has 0 saturated carbocycles. The van der Waals surface area contributed by atoms with Crippen molar-refractivity contribution in [1.82, 2.24) is 4.90 Å². The summed E-state index contributed by atoms with van der Waals surface area (Å²) in [6.07, 6.45) is 1.46. The molecule has 0 unspecified atom stereocenters. The third-order valence-corrected chi connectivity index (χ3v) is 6.58. The Labute approximate surface area is 212 Å². The minimum absolute atomic E-state index is 0.146. The number of carboxylic acids is 1. The monoisotopic (exact) mass is 504 g/mol. The molecule has 0 aliphatic carbocycles. The van der Waals surface area contributed by atoms with Gasteiger partial charge in [-0.1, -0.05) is 32.0 Å². The lowest BCUT2D eigenvalue weighted by Crippen LogP contribution is -2.36. The normalized spacial score (nSPS) is 14.7. The van der Waals surface area contributed by atoms with E-state index in [9.17, 15) is 19.2 Å². The lowest BCUT2D eigenvalue weighted by Gasteiger charge is -2.13. The van der Waals surface area contributed by atoms with Crippen molar-refractivity contribution in [2.45, 2.75) is 26.7 Å². The number of amides is 3. The fourth-order valence-electron chi connectivity index (χ4n) is 3.71. The highest BCUT2D eigenvalue weighted by atomic mass is 32.2. The topological polar surface area (TPSA) is 117 Å². The van der Waals surface area contributed by atoms with Gasteiger partial charge in [0.2, 0.25) is 5.91 Å². The minimum Gasteiger partial charge on any atom is -0.478 e. The smallest absolute Gasteiger partial charge is 0.335 e. The van der Waals surface area contributed by atoms with Crippen LogP contribution in [0, 0.1) is 6.92 Å². The second-order valence-electron chi connectivity index (χ2n) is 8.63. The molecule has 1 aliphatic heterocycles. The number of rotatable bonds is 7. The van der Waals surface area contributed by atoms with Crippen molar-refractivity contribution in [3.63, 3.8) is 0 Å².